The summed E-state index contributed by atoms with van der Waals surface area (Å²) in [4.78, 5) is 16.2. The van der Waals surface area contributed by atoms with Crippen molar-refractivity contribution in [3.63, 3.8) is 0 Å². The zero-order valence-electron chi connectivity index (χ0n) is 28.0. The van der Waals surface area contributed by atoms with E-state index in [2.05, 4.69) is 63.5 Å². The first-order valence-electron chi connectivity index (χ1n) is 17.1. The van der Waals surface area contributed by atoms with Crippen LogP contribution < -0.4 is 4.74 Å². The second-order valence-corrected chi connectivity index (χ2v) is 12.4. The molecule has 2 aliphatic heterocycles. The first-order valence-corrected chi connectivity index (χ1v) is 17.1. The van der Waals surface area contributed by atoms with Gasteiger partial charge in [-0.25, -0.2) is 4.79 Å². The Kier molecular flexibility index (Phi) is 9.88. The molecule has 2 aliphatic rings. The van der Waals surface area contributed by atoms with Gasteiger partial charge < -0.3 is 23.5 Å². The second kappa shape index (κ2) is 14.8. The molecule has 250 valence electrons. The van der Waals surface area contributed by atoms with Crippen molar-refractivity contribution >= 4 is 27.6 Å². The van der Waals surface area contributed by atoms with Gasteiger partial charge >= 0.3 is 5.97 Å². The number of carbonyl (C=O) groups excluding carboxylic acids is 1. The zero-order chi connectivity index (χ0) is 32.9. The van der Waals surface area contributed by atoms with E-state index in [0.29, 0.717) is 45.1 Å². The molecular formula is C39H44N4O5. The van der Waals surface area contributed by atoms with E-state index >= 15 is 0 Å². The smallest absolute Gasteiger partial charge is 0.355 e. The number of ether oxygens (including phenoxy) is 4. The summed E-state index contributed by atoms with van der Waals surface area (Å²) in [6.45, 7) is 11.3. The standard InChI is InChI=1S/C39H44N4O5/c1-3-47-39(44)38-32(16-10-24-48-35-17-8-12-29-11-4-5-13-30(29)35)31-14-9-15-33-36-28(2)43(20-19-41-21-25-45-26-22-41)40-34(36)27-46-23-7-6-18-42(38)37(31)33/h4-9,11-15,17H,3,10,16,18-27H2,1-2H3. The molecule has 0 N–H and O–H groups in total. The lowest BCUT2D eigenvalue weighted by Gasteiger charge is -2.26. The summed E-state index contributed by atoms with van der Waals surface area (Å²) < 4.78 is 27.9. The molecule has 9 nitrogen and oxygen atoms in total. The first-order chi connectivity index (χ1) is 23.6. The number of hydrogen-bond acceptors (Lipinski definition) is 7. The van der Waals surface area contributed by atoms with E-state index in [1.165, 1.54) is 0 Å². The average molecular weight is 649 g/mol. The Morgan fingerprint density at radius 2 is 1.75 bits per heavy atom. The van der Waals surface area contributed by atoms with E-state index in [0.717, 1.165) is 101 Å². The minimum absolute atomic E-state index is 0.303. The van der Waals surface area contributed by atoms with Crippen LogP contribution in [0, 0.1) is 6.92 Å². The summed E-state index contributed by atoms with van der Waals surface area (Å²) in [6, 6.07) is 20.8. The van der Waals surface area contributed by atoms with Gasteiger partial charge in [-0.1, -0.05) is 66.7 Å². The Morgan fingerprint density at radius 3 is 2.62 bits per heavy atom. The zero-order valence-corrected chi connectivity index (χ0v) is 28.0. The number of rotatable bonds is 10. The molecule has 0 bridgehead atoms. The highest BCUT2D eigenvalue weighted by Gasteiger charge is 2.28. The maximum Gasteiger partial charge on any atom is 0.355 e. The van der Waals surface area contributed by atoms with Gasteiger partial charge in [-0.2, -0.15) is 5.10 Å². The normalized spacial score (nSPS) is 15.4. The Labute approximate surface area is 281 Å². The van der Waals surface area contributed by atoms with Gasteiger partial charge in [-0.3, -0.25) is 9.58 Å². The molecule has 48 heavy (non-hydrogen) atoms. The molecular weight excluding hydrogens is 604 g/mol. The minimum atomic E-state index is -0.303. The number of carbonyl (C=O) groups is 1. The molecule has 4 heterocycles. The minimum Gasteiger partial charge on any atom is -0.493 e. The fourth-order valence-electron chi connectivity index (χ4n) is 7.11. The number of aryl methyl sites for hydroxylation is 1. The number of para-hydroxylation sites is 1. The number of aromatic nitrogens is 3. The van der Waals surface area contributed by atoms with Crippen molar-refractivity contribution < 1.29 is 23.7 Å². The van der Waals surface area contributed by atoms with Crippen LogP contribution in [0.1, 0.15) is 40.8 Å². The predicted octanol–water partition coefficient (Wildman–Crippen LogP) is 6.57. The van der Waals surface area contributed by atoms with Crippen LogP contribution in [-0.4, -0.2) is 77.9 Å². The van der Waals surface area contributed by atoms with Crippen LogP contribution in [0.2, 0.25) is 0 Å². The van der Waals surface area contributed by atoms with Gasteiger partial charge in [0, 0.05) is 53.8 Å². The van der Waals surface area contributed by atoms with Gasteiger partial charge in [0.1, 0.15) is 11.4 Å². The van der Waals surface area contributed by atoms with Gasteiger partial charge in [-0.05, 0) is 43.7 Å². The van der Waals surface area contributed by atoms with Crippen LogP contribution >= 0.6 is 0 Å². The number of esters is 1. The molecule has 1 fully saturated rings. The van der Waals surface area contributed by atoms with Crippen LogP contribution in [0.5, 0.6) is 5.75 Å². The fourth-order valence-corrected chi connectivity index (χ4v) is 7.11. The van der Waals surface area contributed by atoms with Crippen LogP contribution in [-0.2, 0) is 40.3 Å². The topological polar surface area (TPSA) is 80.0 Å². The van der Waals surface area contributed by atoms with E-state index in [1.807, 2.05) is 37.3 Å². The number of fused-ring (bicyclic) bond motifs is 3. The van der Waals surface area contributed by atoms with E-state index < -0.39 is 0 Å². The monoisotopic (exact) mass is 648 g/mol. The molecule has 9 heteroatoms. The Hall–Kier alpha value is -4.44. The molecule has 0 unspecified atom stereocenters. The van der Waals surface area contributed by atoms with Crippen molar-refractivity contribution in [1.29, 1.82) is 0 Å². The molecule has 0 saturated carbocycles. The molecule has 0 spiro atoms. The summed E-state index contributed by atoms with van der Waals surface area (Å²) in [5.41, 5.74) is 6.75. The molecule has 1 saturated heterocycles. The molecule has 0 amide bonds. The summed E-state index contributed by atoms with van der Waals surface area (Å²) >= 11 is 0. The molecule has 0 atom stereocenters. The van der Waals surface area contributed by atoms with Crippen LogP contribution in [0.3, 0.4) is 0 Å². The first kappa shape index (κ1) is 32.1. The maximum absolute atomic E-state index is 13.8. The van der Waals surface area contributed by atoms with Crippen molar-refractivity contribution in [3.8, 4) is 16.9 Å². The third-order valence-electron chi connectivity index (χ3n) is 9.42. The quantitative estimate of drug-likeness (QED) is 0.0963. The fraction of sp³-hybridized carbons (Fsp3) is 0.385. The van der Waals surface area contributed by atoms with Crippen molar-refractivity contribution in [3.05, 3.63) is 95.5 Å². The Balaban J connectivity index is 1.26. The van der Waals surface area contributed by atoms with Gasteiger partial charge in [0.25, 0.3) is 0 Å². The summed E-state index contributed by atoms with van der Waals surface area (Å²) in [5, 5.41) is 8.41. The van der Waals surface area contributed by atoms with Crippen molar-refractivity contribution in [1.82, 2.24) is 19.2 Å². The number of benzene rings is 3. The van der Waals surface area contributed by atoms with E-state index in [9.17, 15) is 4.79 Å². The number of hydrogen-bond donors (Lipinski definition) is 0. The highest BCUT2D eigenvalue weighted by molar-refractivity contribution is 6.05. The third-order valence-corrected chi connectivity index (χ3v) is 9.42. The third kappa shape index (κ3) is 6.50. The SMILES string of the molecule is CCOC(=O)c1c(CCCOc2cccc3ccccc23)c2cccc3c2n1CC=CCOCc1nn(CCN2CCOCC2)c(C)c1-3. The lowest BCUT2D eigenvalue weighted by molar-refractivity contribution is 0.0358. The molecule has 2 aromatic heterocycles. The average Bonchev–Trinajstić information content (AvgIpc) is 3.59. The van der Waals surface area contributed by atoms with Gasteiger partial charge in [0.2, 0.25) is 0 Å². The molecule has 0 radical (unpaired) electrons. The van der Waals surface area contributed by atoms with Gasteiger partial charge in [0.05, 0.1) is 57.4 Å². The molecule has 7 rings (SSSR count). The highest BCUT2D eigenvalue weighted by Crippen LogP contribution is 2.39. The van der Waals surface area contributed by atoms with E-state index in [1.54, 1.807) is 0 Å². The van der Waals surface area contributed by atoms with Crippen molar-refractivity contribution in [2.75, 3.05) is 52.7 Å². The highest BCUT2D eigenvalue weighted by atomic mass is 16.5. The van der Waals surface area contributed by atoms with Crippen LogP contribution in [0.4, 0.5) is 0 Å². The second-order valence-electron chi connectivity index (χ2n) is 12.4. The molecule has 5 aromatic rings. The number of nitrogens with zero attached hydrogens (tertiary/aromatic N) is 4. The molecule has 3 aromatic carbocycles. The van der Waals surface area contributed by atoms with Gasteiger partial charge in [-0.15, -0.1) is 0 Å². The summed E-state index contributed by atoms with van der Waals surface area (Å²) in [7, 11) is 0. The van der Waals surface area contributed by atoms with E-state index in [-0.39, 0.29) is 5.97 Å². The van der Waals surface area contributed by atoms with Crippen LogP contribution in [0.25, 0.3) is 32.8 Å². The molecule has 0 aliphatic carbocycles. The maximum atomic E-state index is 13.8. The Morgan fingerprint density at radius 1 is 0.938 bits per heavy atom. The summed E-state index contributed by atoms with van der Waals surface area (Å²) in [6.07, 6.45) is 5.51. The lowest BCUT2D eigenvalue weighted by atomic mass is 9.98. The van der Waals surface area contributed by atoms with Crippen molar-refractivity contribution in [2.24, 2.45) is 0 Å². The predicted molar refractivity (Wildman–Crippen MR) is 188 cm³/mol. The van der Waals surface area contributed by atoms with E-state index in [4.69, 9.17) is 24.0 Å². The Bertz CT molecular complexity index is 1930. The van der Waals surface area contributed by atoms with Gasteiger partial charge in [0.15, 0.2) is 0 Å². The summed E-state index contributed by atoms with van der Waals surface area (Å²) in [5.74, 6) is 0.571. The number of allylic oxidation sites excluding steroid dienone is 1. The number of morpholine rings is 1. The lowest BCUT2D eigenvalue weighted by Crippen LogP contribution is -2.38. The largest absolute Gasteiger partial charge is 0.493 e. The van der Waals surface area contributed by atoms with Crippen LogP contribution in [0.15, 0.2) is 72.8 Å². The van der Waals surface area contributed by atoms with Crippen molar-refractivity contribution in [2.45, 2.75) is 46.4 Å².